The molecule has 0 spiro atoms. The van der Waals surface area contributed by atoms with E-state index in [1.807, 2.05) is 37.4 Å². The van der Waals surface area contributed by atoms with E-state index in [0.717, 1.165) is 22.2 Å². The van der Waals surface area contributed by atoms with Crippen molar-refractivity contribution in [2.75, 3.05) is 24.5 Å². The summed E-state index contributed by atoms with van der Waals surface area (Å²) in [5.74, 6) is 1.06. The van der Waals surface area contributed by atoms with E-state index in [4.69, 9.17) is 9.36 Å². The van der Waals surface area contributed by atoms with Crippen LogP contribution in [-0.4, -0.2) is 63.3 Å². The number of rotatable bonds is 6. The SMILES string of the molecule is CC1CN(c2nc(C3(c4ccccc4)CCC(=O)CC3)ns2)CCN1S(=O)(=O)c1ccc(-n2cccn2)cc1. The van der Waals surface area contributed by atoms with Crippen LogP contribution in [0.2, 0.25) is 0 Å². The number of aromatic nitrogens is 4. The highest BCUT2D eigenvalue weighted by Gasteiger charge is 2.42. The zero-order valence-corrected chi connectivity index (χ0v) is 23.3. The van der Waals surface area contributed by atoms with E-state index in [0.29, 0.717) is 51.1 Å². The lowest BCUT2D eigenvalue weighted by Gasteiger charge is -2.38. The van der Waals surface area contributed by atoms with Crippen molar-refractivity contribution in [2.45, 2.75) is 49.0 Å². The fraction of sp³-hybridized carbons (Fsp3) is 0.357. The number of benzene rings is 2. The molecule has 2 aliphatic rings. The van der Waals surface area contributed by atoms with Crippen LogP contribution >= 0.6 is 11.5 Å². The summed E-state index contributed by atoms with van der Waals surface area (Å²) in [5, 5.41) is 5.00. The third-order valence-electron chi connectivity index (χ3n) is 7.88. The highest BCUT2D eigenvalue weighted by molar-refractivity contribution is 7.89. The summed E-state index contributed by atoms with van der Waals surface area (Å²) in [6.07, 6.45) is 5.96. The number of piperazine rings is 1. The minimum Gasteiger partial charge on any atom is -0.344 e. The molecule has 3 heterocycles. The van der Waals surface area contributed by atoms with Crippen LogP contribution in [0.5, 0.6) is 0 Å². The third-order valence-corrected chi connectivity index (χ3v) is 10.7. The topological polar surface area (TPSA) is 101 Å². The van der Waals surface area contributed by atoms with Crippen LogP contribution in [0, 0.1) is 0 Å². The summed E-state index contributed by atoms with van der Waals surface area (Å²) in [6.45, 7) is 3.34. The Balaban J connectivity index is 1.19. The maximum atomic E-state index is 13.5. The van der Waals surface area contributed by atoms with Crippen molar-refractivity contribution in [3.63, 3.8) is 0 Å². The Morgan fingerprint density at radius 3 is 2.38 bits per heavy atom. The number of anilines is 1. The van der Waals surface area contributed by atoms with E-state index in [1.165, 1.54) is 11.5 Å². The van der Waals surface area contributed by atoms with Gasteiger partial charge in [-0.15, -0.1) is 0 Å². The second-order valence-corrected chi connectivity index (χ2v) is 12.9. The Hall–Kier alpha value is -3.41. The molecular weight excluding hydrogens is 532 g/mol. The zero-order chi connectivity index (χ0) is 27.0. The predicted octanol–water partition coefficient (Wildman–Crippen LogP) is 4.05. The van der Waals surface area contributed by atoms with E-state index in [1.54, 1.807) is 39.4 Å². The summed E-state index contributed by atoms with van der Waals surface area (Å²) in [7, 11) is -3.65. The van der Waals surface area contributed by atoms with Gasteiger partial charge in [0.25, 0.3) is 0 Å². The second-order valence-electron chi connectivity index (χ2n) is 10.2. The largest absolute Gasteiger partial charge is 0.344 e. The van der Waals surface area contributed by atoms with Crippen molar-refractivity contribution in [1.82, 2.24) is 23.4 Å². The Bertz CT molecular complexity index is 1540. The van der Waals surface area contributed by atoms with Crippen molar-refractivity contribution < 1.29 is 13.2 Å². The normalized spacial score (nSPS) is 20.3. The Kier molecular flexibility index (Phi) is 6.82. The maximum absolute atomic E-state index is 13.5. The zero-order valence-electron chi connectivity index (χ0n) is 21.7. The van der Waals surface area contributed by atoms with E-state index < -0.39 is 10.0 Å². The molecule has 1 unspecified atom stereocenters. The minimum absolute atomic E-state index is 0.239. The van der Waals surface area contributed by atoms with Gasteiger partial charge >= 0.3 is 0 Å². The Morgan fingerprint density at radius 1 is 0.974 bits per heavy atom. The van der Waals surface area contributed by atoms with Gasteiger partial charge in [0.2, 0.25) is 15.2 Å². The fourth-order valence-corrected chi connectivity index (χ4v) is 8.10. The van der Waals surface area contributed by atoms with E-state index >= 15 is 0 Å². The van der Waals surface area contributed by atoms with Crippen LogP contribution in [0.1, 0.15) is 44.0 Å². The summed E-state index contributed by atoms with van der Waals surface area (Å²) >= 11 is 1.35. The molecular formula is C28H30N6O3S2. The van der Waals surface area contributed by atoms with Gasteiger partial charge < -0.3 is 4.90 Å². The van der Waals surface area contributed by atoms with Crippen molar-refractivity contribution in [1.29, 1.82) is 0 Å². The first-order chi connectivity index (χ1) is 18.9. The van der Waals surface area contributed by atoms with Gasteiger partial charge in [0.15, 0.2) is 5.82 Å². The van der Waals surface area contributed by atoms with Crippen molar-refractivity contribution in [2.24, 2.45) is 0 Å². The van der Waals surface area contributed by atoms with Crippen molar-refractivity contribution in [3.8, 4) is 5.69 Å². The summed E-state index contributed by atoms with van der Waals surface area (Å²) < 4.78 is 35.1. The van der Waals surface area contributed by atoms with Gasteiger partial charge in [-0.25, -0.2) is 18.1 Å². The first kappa shape index (κ1) is 25.8. The van der Waals surface area contributed by atoms with Crippen LogP contribution in [-0.2, 0) is 20.2 Å². The molecule has 1 atom stereocenters. The highest BCUT2D eigenvalue weighted by Crippen LogP contribution is 2.44. The molecule has 11 heteroatoms. The quantitative estimate of drug-likeness (QED) is 0.349. The molecule has 1 saturated carbocycles. The average molecular weight is 563 g/mol. The van der Waals surface area contributed by atoms with E-state index in [9.17, 15) is 13.2 Å². The minimum atomic E-state index is -3.65. The van der Waals surface area contributed by atoms with Gasteiger partial charge in [0.1, 0.15) is 5.78 Å². The molecule has 2 aromatic heterocycles. The Morgan fingerprint density at radius 2 is 1.72 bits per heavy atom. The number of ketones is 1. The van der Waals surface area contributed by atoms with E-state index in [2.05, 4.69) is 22.1 Å². The number of carbonyl (C=O) groups excluding carboxylic acids is 1. The van der Waals surface area contributed by atoms with Crippen molar-refractivity contribution >= 4 is 32.5 Å². The monoisotopic (exact) mass is 562 g/mol. The van der Waals surface area contributed by atoms with Gasteiger partial charge in [0, 0.05) is 62.4 Å². The molecule has 1 aliphatic heterocycles. The van der Waals surface area contributed by atoms with Crippen LogP contribution in [0.3, 0.4) is 0 Å². The number of Topliss-reactive ketones (excluding diaryl/α,β-unsaturated/α-hetero) is 1. The molecule has 2 aromatic carbocycles. The third kappa shape index (κ3) is 4.79. The first-order valence-corrected chi connectivity index (χ1v) is 15.4. The Labute approximate surface area is 232 Å². The van der Waals surface area contributed by atoms with Crippen LogP contribution < -0.4 is 4.90 Å². The van der Waals surface area contributed by atoms with Gasteiger partial charge in [-0.2, -0.15) is 13.8 Å². The van der Waals surface area contributed by atoms with Gasteiger partial charge in [-0.05, 0) is 55.7 Å². The van der Waals surface area contributed by atoms with Gasteiger partial charge in [-0.1, -0.05) is 30.3 Å². The van der Waals surface area contributed by atoms with Crippen LogP contribution in [0.15, 0.2) is 78.0 Å². The molecule has 6 rings (SSSR count). The summed E-state index contributed by atoms with van der Waals surface area (Å²) in [6, 6.07) is 18.6. The van der Waals surface area contributed by atoms with Gasteiger partial charge in [0.05, 0.1) is 16.0 Å². The number of hydrogen-bond donors (Lipinski definition) is 0. The molecule has 202 valence electrons. The van der Waals surface area contributed by atoms with Crippen molar-refractivity contribution in [3.05, 3.63) is 84.4 Å². The average Bonchev–Trinajstić information content (AvgIpc) is 3.68. The molecule has 1 aliphatic carbocycles. The lowest BCUT2D eigenvalue weighted by atomic mass is 9.68. The molecule has 1 saturated heterocycles. The predicted molar refractivity (Wildman–Crippen MR) is 150 cm³/mol. The standard InChI is InChI=1S/C28H30N6O3S2/c1-21-20-32(18-19-34(21)39(36,37)25-10-8-23(9-11-25)33-17-5-16-29-33)27-30-26(31-38-27)28(14-12-24(35)13-15-28)22-6-3-2-4-7-22/h2-11,16-17,21H,12-15,18-20H2,1H3. The lowest BCUT2D eigenvalue weighted by Crippen LogP contribution is -2.54. The molecule has 0 bridgehead atoms. The van der Waals surface area contributed by atoms with Gasteiger partial charge in [-0.3, -0.25) is 4.79 Å². The second kappa shape index (κ2) is 10.3. The molecule has 0 radical (unpaired) electrons. The van der Waals surface area contributed by atoms with Crippen LogP contribution in [0.4, 0.5) is 5.13 Å². The molecule has 9 nitrogen and oxygen atoms in total. The number of carbonyl (C=O) groups is 1. The molecule has 2 fully saturated rings. The summed E-state index contributed by atoms with van der Waals surface area (Å²) in [5.41, 5.74) is 1.58. The first-order valence-electron chi connectivity index (χ1n) is 13.2. The number of hydrogen-bond acceptors (Lipinski definition) is 8. The number of sulfonamides is 1. The fourth-order valence-electron chi connectivity index (χ4n) is 5.69. The number of nitrogens with zero attached hydrogens (tertiary/aromatic N) is 6. The molecule has 0 N–H and O–H groups in total. The van der Waals surface area contributed by atoms with E-state index in [-0.39, 0.29) is 16.4 Å². The maximum Gasteiger partial charge on any atom is 0.243 e. The molecule has 39 heavy (non-hydrogen) atoms. The summed E-state index contributed by atoms with van der Waals surface area (Å²) in [4.78, 5) is 19.5. The highest BCUT2D eigenvalue weighted by atomic mass is 32.2. The molecule has 4 aromatic rings. The lowest BCUT2D eigenvalue weighted by molar-refractivity contribution is -0.121. The molecule has 0 amide bonds. The smallest absolute Gasteiger partial charge is 0.243 e. The van der Waals surface area contributed by atoms with Crippen LogP contribution in [0.25, 0.3) is 5.69 Å².